The number of nitrogens with zero attached hydrogens (tertiary/aromatic N) is 1. The highest BCUT2D eigenvalue weighted by Crippen LogP contribution is 2.14. The Bertz CT molecular complexity index is 474. The molecule has 0 bridgehead atoms. The van der Waals surface area contributed by atoms with Crippen molar-refractivity contribution in [3.05, 3.63) is 12.7 Å². The summed E-state index contributed by atoms with van der Waals surface area (Å²) in [6, 6.07) is 0. The van der Waals surface area contributed by atoms with Crippen molar-refractivity contribution in [1.29, 1.82) is 0 Å². The van der Waals surface area contributed by atoms with Gasteiger partial charge in [-0.3, -0.25) is 14.4 Å². The zero-order valence-corrected chi connectivity index (χ0v) is 14.8. The molecule has 0 aromatic heterocycles. The van der Waals surface area contributed by atoms with E-state index in [0.29, 0.717) is 18.0 Å². The highest BCUT2D eigenvalue weighted by atomic mass is 16.7. The van der Waals surface area contributed by atoms with Gasteiger partial charge in [-0.2, -0.15) is 0 Å². The van der Waals surface area contributed by atoms with Crippen molar-refractivity contribution in [2.75, 3.05) is 6.54 Å². The topological polar surface area (TPSA) is 92.8 Å². The van der Waals surface area contributed by atoms with Crippen LogP contribution in [-0.4, -0.2) is 35.3 Å². The summed E-state index contributed by atoms with van der Waals surface area (Å²) in [5.74, 6) is -1.54. The molecule has 0 aromatic rings. The van der Waals surface area contributed by atoms with Gasteiger partial charge in [0.05, 0.1) is 0 Å². The van der Waals surface area contributed by atoms with Crippen molar-refractivity contribution >= 4 is 23.7 Å². The van der Waals surface area contributed by atoms with Gasteiger partial charge in [-0.25, -0.2) is 4.79 Å². The molecule has 3 amide bonds. The Morgan fingerprint density at radius 2 is 1.48 bits per heavy atom. The summed E-state index contributed by atoms with van der Waals surface area (Å²) >= 11 is 0. The maximum Gasteiger partial charge on any atom is 0.333 e. The molecule has 1 rings (SSSR count). The van der Waals surface area contributed by atoms with Gasteiger partial charge in [0.1, 0.15) is 0 Å². The average Bonchev–Trinajstić information content (AvgIpc) is 2.91. The van der Waals surface area contributed by atoms with Crippen LogP contribution in [0.25, 0.3) is 0 Å². The molecule has 0 atom stereocenters. The standard InChI is InChI=1S/C18H28N2O5/c1-2-15(21)19-14-10-8-6-4-3-5-7-9-11-18(24)25-20-16(22)12-13-17(20)23/h2H,1,3-14H2,(H,19,21). The van der Waals surface area contributed by atoms with Crippen LogP contribution in [0, 0.1) is 0 Å². The lowest BCUT2D eigenvalue weighted by atomic mass is 10.1. The van der Waals surface area contributed by atoms with E-state index in [-0.39, 0.29) is 25.2 Å². The fourth-order valence-electron chi connectivity index (χ4n) is 2.54. The van der Waals surface area contributed by atoms with Gasteiger partial charge in [0.25, 0.3) is 11.8 Å². The molecule has 1 aliphatic rings. The molecule has 0 aromatic carbocycles. The summed E-state index contributed by atoms with van der Waals surface area (Å²) in [4.78, 5) is 49.9. The second-order valence-electron chi connectivity index (χ2n) is 6.12. The van der Waals surface area contributed by atoms with Gasteiger partial charge >= 0.3 is 5.97 Å². The van der Waals surface area contributed by atoms with Crippen LogP contribution in [0.15, 0.2) is 12.7 Å². The molecule has 0 spiro atoms. The van der Waals surface area contributed by atoms with Gasteiger partial charge in [0.15, 0.2) is 0 Å². The number of hydrogen-bond donors (Lipinski definition) is 1. The number of hydrogen-bond acceptors (Lipinski definition) is 5. The van der Waals surface area contributed by atoms with Crippen LogP contribution in [0.5, 0.6) is 0 Å². The smallest absolute Gasteiger partial charge is 0.333 e. The molecule has 0 unspecified atom stereocenters. The molecule has 0 radical (unpaired) electrons. The quantitative estimate of drug-likeness (QED) is 0.312. The molecule has 0 aliphatic carbocycles. The highest BCUT2D eigenvalue weighted by molar-refractivity contribution is 6.01. The second kappa shape index (κ2) is 12.2. The first-order valence-electron chi connectivity index (χ1n) is 9.01. The van der Waals surface area contributed by atoms with Crippen LogP contribution in [0.1, 0.15) is 70.6 Å². The Balaban J connectivity index is 1.89. The maximum absolute atomic E-state index is 11.6. The molecule has 0 saturated carbocycles. The Morgan fingerprint density at radius 1 is 0.960 bits per heavy atom. The normalized spacial score (nSPS) is 13.8. The SMILES string of the molecule is C=CC(=O)NCCCCCCCCCCC(=O)ON1C(=O)CCC1=O. The molecule has 140 valence electrons. The third kappa shape index (κ3) is 9.02. The van der Waals surface area contributed by atoms with Crippen LogP contribution in [0.3, 0.4) is 0 Å². The molecule has 1 N–H and O–H groups in total. The van der Waals surface area contributed by atoms with Crippen molar-refractivity contribution in [1.82, 2.24) is 10.4 Å². The lowest BCUT2D eigenvalue weighted by Crippen LogP contribution is -2.31. The van der Waals surface area contributed by atoms with Crippen molar-refractivity contribution in [3.63, 3.8) is 0 Å². The van der Waals surface area contributed by atoms with Gasteiger partial charge in [0, 0.05) is 25.8 Å². The summed E-state index contributed by atoms with van der Waals surface area (Å²) in [7, 11) is 0. The van der Waals surface area contributed by atoms with E-state index in [1.807, 2.05) is 0 Å². The maximum atomic E-state index is 11.6. The van der Waals surface area contributed by atoms with E-state index in [9.17, 15) is 19.2 Å². The van der Waals surface area contributed by atoms with Crippen LogP contribution in [-0.2, 0) is 24.0 Å². The van der Waals surface area contributed by atoms with Gasteiger partial charge in [-0.1, -0.05) is 45.1 Å². The molecule has 7 nitrogen and oxygen atoms in total. The molecule has 25 heavy (non-hydrogen) atoms. The van der Waals surface area contributed by atoms with Crippen LogP contribution in [0.2, 0.25) is 0 Å². The summed E-state index contributed by atoms with van der Waals surface area (Å²) in [5, 5.41) is 3.34. The minimum absolute atomic E-state index is 0.118. The predicted molar refractivity (Wildman–Crippen MR) is 91.9 cm³/mol. The number of unbranched alkanes of at least 4 members (excludes halogenated alkanes) is 7. The third-order valence-corrected chi connectivity index (χ3v) is 3.99. The lowest BCUT2D eigenvalue weighted by Gasteiger charge is -2.12. The van der Waals surface area contributed by atoms with Crippen LogP contribution in [0.4, 0.5) is 0 Å². The Kier molecular flexibility index (Phi) is 10.2. The number of rotatable bonds is 13. The summed E-state index contributed by atoms with van der Waals surface area (Å²) in [6.45, 7) is 4.08. The predicted octanol–water partition coefficient (Wildman–Crippen LogP) is 2.41. The van der Waals surface area contributed by atoms with E-state index in [1.54, 1.807) is 0 Å². The van der Waals surface area contributed by atoms with E-state index in [0.717, 1.165) is 44.9 Å². The zero-order valence-electron chi connectivity index (χ0n) is 14.8. The first kappa shape index (κ1) is 20.9. The monoisotopic (exact) mass is 352 g/mol. The van der Waals surface area contributed by atoms with Gasteiger partial charge < -0.3 is 10.2 Å². The first-order chi connectivity index (χ1) is 12.0. The van der Waals surface area contributed by atoms with Gasteiger partial charge in [0.2, 0.25) is 5.91 Å². The Morgan fingerprint density at radius 3 is 2.04 bits per heavy atom. The molecule has 1 aliphatic heterocycles. The van der Waals surface area contributed by atoms with Crippen molar-refractivity contribution in [3.8, 4) is 0 Å². The van der Waals surface area contributed by atoms with E-state index < -0.39 is 17.8 Å². The van der Waals surface area contributed by atoms with E-state index in [1.165, 1.54) is 6.08 Å². The third-order valence-electron chi connectivity index (χ3n) is 3.99. The van der Waals surface area contributed by atoms with Crippen molar-refractivity contribution in [2.45, 2.75) is 70.6 Å². The summed E-state index contributed by atoms with van der Waals surface area (Å²) < 4.78 is 0. The molecule has 1 saturated heterocycles. The lowest BCUT2D eigenvalue weighted by molar-refractivity contribution is -0.197. The number of carbonyl (C=O) groups excluding carboxylic acids is 4. The minimum atomic E-state index is -0.523. The average molecular weight is 352 g/mol. The Labute approximate surface area is 148 Å². The minimum Gasteiger partial charge on any atom is -0.353 e. The first-order valence-corrected chi connectivity index (χ1v) is 9.01. The molecule has 7 heteroatoms. The summed E-state index contributed by atoms with van der Waals surface area (Å²) in [5.41, 5.74) is 0. The van der Waals surface area contributed by atoms with Crippen LogP contribution >= 0.6 is 0 Å². The second-order valence-corrected chi connectivity index (χ2v) is 6.12. The number of nitrogens with one attached hydrogen (secondary N) is 1. The van der Waals surface area contributed by atoms with Crippen LogP contribution < -0.4 is 5.32 Å². The fraction of sp³-hybridized carbons (Fsp3) is 0.667. The molecular formula is C18H28N2O5. The number of amides is 3. The van der Waals surface area contributed by atoms with Crippen molar-refractivity contribution < 1.29 is 24.0 Å². The molecular weight excluding hydrogens is 324 g/mol. The fourth-order valence-corrected chi connectivity index (χ4v) is 2.54. The van der Waals surface area contributed by atoms with E-state index in [4.69, 9.17) is 4.84 Å². The zero-order chi connectivity index (χ0) is 18.5. The van der Waals surface area contributed by atoms with Gasteiger partial charge in [-0.05, 0) is 18.9 Å². The highest BCUT2D eigenvalue weighted by Gasteiger charge is 2.32. The number of imide groups is 1. The van der Waals surface area contributed by atoms with Gasteiger partial charge in [-0.15, -0.1) is 5.06 Å². The number of carbonyl (C=O) groups is 4. The molecule has 1 heterocycles. The van der Waals surface area contributed by atoms with E-state index >= 15 is 0 Å². The largest absolute Gasteiger partial charge is 0.353 e. The van der Waals surface area contributed by atoms with E-state index in [2.05, 4.69) is 11.9 Å². The number of hydroxylamine groups is 2. The molecule has 1 fully saturated rings. The Hall–Kier alpha value is -2.18. The van der Waals surface area contributed by atoms with Crippen molar-refractivity contribution in [2.24, 2.45) is 0 Å². The summed E-state index contributed by atoms with van der Waals surface area (Å²) in [6.07, 6.45) is 9.83.